The van der Waals surface area contributed by atoms with Gasteiger partial charge in [0.15, 0.2) is 0 Å². The molecule has 0 saturated carbocycles. The second-order valence-corrected chi connectivity index (χ2v) is 5.76. The fraction of sp³-hybridized carbons (Fsp3) is 0.211. The fourth-order valence-electron chi connectivity index (χ4n) is 2.52. The van der Waals surface area contributed by atoms with E-state index in [2.05, 4.69) is 32.7 Å². The summed E-state index contributed by atoms with van der Waals surface area (Å²) in [4.78, 5) is 20.6. The second-order valence-electron chi connectivity index (χ2n) is 5.76. The molecule has 6 heteroatoms. The van der Waals surface area contributed by atoms with Gasteiger partial charge in [0.1, 0.15) is 5.82 Å². The molecule has 2 amide bonds. The Labute approximate surface area is 146 Å². The molecule has 3 rings (SSSR count). The van der Waals surface area contributed by atoms with Gasteiger partial charge in [0.05, 0.1) is 18.8 Å². The van der Waals surface area contributed by atoms with Crippen molar-refractivity contribution in [1.82, 2.24) is 25.2 Å². The fourth-order valence-corrected chi connectivity index (χ4v) is 2.52. The van der Waals surface area contributed by atoms with Gasteiger partial charge in [0.2, 0.25) is 0 Å². The lowest BCUT2D eigenvalue weighted by Gasteiger charge is -2.10. The molecule has 1 aromatic carbocycles. The standard InChI is InChI=1S/C19H21N5O/c1-15-6-5-9-20-17(15)12-22-19(25)23-13-18-21-10-11-24(18)14-16-7-3-2-4-8-16/h2-11H,12-14H2,1H3,(H2,22,23,25). The summed E-state index contributed by atoms with van der Waals surface area (Å²) in [5.74, 6) is 0.813. The quantitative estimate of drug-likeness (QED) is 0.727. The second kappa shape index (κ2) is 8.10. The maximum Gasteiger partial charge on any atom is 0.315 e. The molecule has 0 fully saturated rings. The first-order valence-corrected chi connectivity index (χ1v) is 8.18. The molecular formula is C19H21N5O. The highest BCUT2D eigenvalue weighted by Gasteiger charge is 2.07. The molecule has 0 spiro atoms. The monoisotopic (exact) mass is 335 g/mol. The van der Waals surface area contributed by atoms with Gasteiger partial charge in [-0.05, 0) is 24.1 Å². The zero-order valence-corrected chi connectivity index (χ0v) is 14.1. The van der Waals surface area contributed by atoms with Crippen molar-refractivity contribution in [2.24, 2.45) is 0 Å². The van der Waals surface area contributed by atoms with Gasteiger partial charge in [0.25, 0.3) is 0 Å². The molecule has 25 heavy (non-hydrogen) atoms. The Bertz CT molecular complexity index is 829. The summed E-state index contributed by atoms with van der Waals surface area (Å²) in [6, 6.07) is 13.8. The number of nitrogens with zero attached hydrogens (tertiary/aromatic N) is 3. The Balaban J connectivity index is 1.51. The molecule has 0 saturated heterocycles. The third-order valence-corrected chi connectivity index (χ3v) is 3.94. The first kappa shape index (κ1) is 16.7. The predicted molar refractivity (Wildman–Crippen MR) is 95.8 cm³/mol. The summed E-state index contributed by atoms with van der Waals surface area (Å²) in [7, 11) is 0. The lowest BCUT2D eigenvalue weighted by Crippen LogP contribution is -2.35. The van der Waals surface area contributed by atoms with Crippen LogP contribution in [0.15, 0.2) is 61.1 Å². The molecule has 2 heterocycles. The maximum atomic E-state index is 12.0. The van der Waals surface area contributed by atoms with Gasteiger partial charge >= 0.3 is 6.03 Å². The summed E-state index contributed by atoms with van der Waals surface area (Å²) < 4.78 is 2.03. The Kier molecular flexibility index (Phi) is 5.41. The van der Waals surface area contributed by atoms with Crippen molar-refractivity contribution in [3.05, 3.63) is 83.7 Å². The van der Waals surface area contributed by atoms with Crippen molar-refractivity contribution in [1.29, 1.82) is 0 Å². The molecule has 2 N–H and O–H groups in total. The summed E-state index contributed by atoms with van der Waals surface area (Å²) >= 11 is 0. The molecule has 0 unspecified atom stereocenters. The van der Waals surface area contributed by atoms with Crippen LogP contribution in [0.3, 0.4) is 0 Å². The van der Waals surface area contributed by atoms with Crippen molar-refractivity contribution < 1.29 is 4.79 Å². The van der Waals surface area contributed by atoms with E-state index in [4.69, 9.17) is 0 Å². The van der Waals surface area contributed by atoms with Gasteiger partial charge in [-0.2, -0.15) is 0 Å². The molecule has 0 aliphatic heterocycles. The SMILES string of the molecule is Cc1cccnc1CNC(=O)NCc1nccn1Cc1ccccc1. The minimum absolute atomic E-state index is 0.237. The average Bonchev–Trinajstić information content (AvgIpc) is 3.07. The zero-order chi connectivity index (χ0) is 17.5. The molecular weight excluding hydrogens is 314 g/mol. The number of imidazole rings is 1. The van der Waals surface area contributed by atoms with Crippen LogP contribution in [0.5, 0.6) is 0 Å². The topological polar surface area (TPSA) is 71.8 Å². The average molecular weight is 335 g/mol. The number of hydrogen-bond donors (Lipinski definition) is 2. The van der Waals surface area contributed by atoms with Crippen LogP contribution < -0.4 is 10.6 Å². The largest absolute Gasteiger partial charge is 0.332 e. The van der Waals surface area contributed by atoms with Gasteiger partial charge in [-0.25, -0.2) is 9.78 Å². The summed E-state index contributed by atoms with van der Waals surface area (Å²) in [5, 5.41) is 5.66. The number of hydrogen-bond acceptors (Lipinski definition) is 3. The maximum absolute atomic E-state index is 12.0. The number of benzene rings is 1. The summed E-state index contributed by atoms with van der Waals surface area (Å²) in [5.41, 5.74) is 3.11. The van der Waals surface area contributed by atoms with Crippen molar-refractivity contribution in [2.45, 2.75) is 26.6 Å². The van der Waals surface area contributed by atoms with Crippen molar-refractivity contribution in [2.75, 3.05) is 0 Å². The highest BCUT2D eigenvalue weighted by Crippen LogP contribution is 2.05. The molecule has 0 atom stereocenters. The third kappa shape index (κ3) is 4.67. The number of carbonyl (C=O) groups excluding carboxylic acids is 1. The number of urea groups is 1. The van der Waals surface area contributed by atoms with Crippen LogP contribution in [0.4, 0.5) is 4.79 Å². The Hall–Kier alpha value is -3.15. The van der Waals surface area contributed by atoms with Crippen LogP contribution in [-0.2, 0) is 19.6 Å². The molecule has 3 aromatic rings. The van der Waals surface area contributed by atoms with Gasteiger partial charge in [-0.1, -0.05) is 36.4 Å². The first-order valence-electron chi connectivity index (χ1n) is 8.18. The van der Waals surface area contributed by atoms with E-state index in [-0.39, 0.29) is 6.03 Å². The number of pyridine rings is 1. The number of amides is 2. The molecule has 0 bridgehead atoms. The van der Waals surface area contributed by atoms with E-state index in [0.717, 1.165) is 23.6 Å². The lowest BCUT2D eigenvalue weighted by molar-refractivity contribution is 0.239. The minimum atomic E-state index is -0.237. The third-order valence-electron chi connectivity index (χ3n) is 3.94. The normalized spacial score (nSPS) is 10.4. The van der Waals surface area contributed by atoms with Crippen LogP contribution in [0.25, 0.3) is 0 Å². The molecule has 128 valence electrons. The van der Waals surface area contributed by atoms with Crippen LogP contribution in [-0.4, -0.2) is 20.6 Å². The van der Waals surface area contributed by atoms with Crippen LogP contribution >= 0.6 is 0 Å². The molecule has 0 radical (unpaired) electrons. The minimum Gasteiger partial charge on any atom is -0.332 e. The Morgan fingerprint density at radius 3 is 2.60 bits per heavy atom. The van der Waals surface area contributed by atoms with Crippen molar-refractivity contribution in [3.63, 3.8) is 0 Å². The Morgan fingerprint density at radius 1 is 1.00 bits per heavy atom. The zero-order valence-electron chi connectivity index (χ0n) is 14.1. The van der Waals surface area contributed by atoms with E-state index >= 15 is 0 Å². The van der Waals surface area contributed by atoms with E-state index < -0.39 is 0 Å². The van der Waals surface area contributed by atoms with E-state index in [1.807, 2.05) is 48.0 Å². The van der Waals surface area contributed by atoms with E-state index in [1.165, 1.54) is 5.56 Å². The molecule has 2 aromatic heterocycles. The first-order chi connectivity index (χ1) is 12.2. The van der Waals surface area contributed by atoms with E-state index in [1.54, 1.807) is 12.4 Å². The summed E-state index contributed by atoms with van der Waals surface area (Å²) in [6.07, 6.45) is 5.39. The number of aromatic nitrogens is 3. The van der Waals surface area contributed by atoms with Crippen molar-refractivity contribution >= 4 is 6.03 Å². The molecule has 6 nitrogen and oxygen atoms in total. The summed E-state index contributed by atoms with van der Waals surface area (Å²) in [6.45, 7) is 3.47. The van der Waals surface area contributed by atoms with Crippen molar-refractivity contribution in [3.8, 4) is 0 Å². The molecule has 0 aliphatic carbocycles. The highest BCUT2D eigenvalue weighted by atomic mass is 16.2. The van der Waals surface area contributed by atoms with E-state index in [9.17, 15) is 4.79 Å². The number of carbonyl (C=O) groups is 1. The van der Waals surface area contributed by atoms with Crippen LogP contribution in [0.2, 0.25) is 0 Å². The number of rotatable bonds is 6. The molecule has 0 aliphatic rings. The van der Waals surface area contributed by atoms with Gasteiger partial charge in [-0.15, -0.1) is 0 Å². The van der Waals surface area contributed by atoms with Crippen LogP contribution in [0.1, 0.15) is 22.6 Å². The number of aryl methyl sites for hydroxylation is 1. The van der Waals surface area contributed by atoms with E-state index in [0.29, 0.717) is 13.1 Å². The smallest absolute Gasteiger partial charge is 0.315 e. The highest BCUT2D eigenvalue weighted by molar-refractivity contribution is 5.73. The number of nitrogens with one attached hydrogen (secondary N) is 2. The van der Waals surface area contributed by atoms with Crippen LogP contribution in [0, 0.1) is 6.92 Å². The predicted octanol–water partition coefficient (Wildman–Crippen LogP) is 2.63. The van der Waals surface area contributed by atoms with Gasteiger partial charge in [0, 0.05) is 25.1 Å². The Morgan fingerprint density at radius 2 is 1.80 bits per heavy atom. The lowest BCUT2D eigenvalue weighted by atomic mass is 10.2. The van der Waals surface area contributed by atoms with Gasteiger partial charge < -0.3 is 15.2 Å². The van der Waals surface area contributed by atoms with Gasteiger partial charge in [-0.3, -0.25) is 4.98 Å².